The van der Waals surface area contributed by atoms with Gasteiger partial charge >= 0.3 is 22.8 Å². The van der Waals surface area contributed by atoms with Crippen LogP contribution in [0.4, 0.5) is 5.82 Å². The zero-order valence-corrected chi connectivity index (χ0v) is 22.4. The van der Waals surface area contributed by atoms with E-state index in [9.17, 15) is 9.90 Å². The molecule has 0 radical (unpaired) electrons. The standard InChI is InChI=1S/C21H39N3O6Si2/c1-12(2)31(13(3)4)27-11-16-19(29-32(30-31,14(5)6)15(7)8)18(25)20(28-16)24-10-9-17(22)23-21(24)26/h9-10,12-16,18-20,25H,11H2,1-8H3,(H2,22,23,26)/t16-,18?,19+,20-/m1/s1. The minimum Gasteiger partial charge on any atom is -0.414 e. The Labute approximate surface area is 192 Å². The molecule has 2 saturated heterocycles. The molecule has 0 bridgehead atoms. The lowest BCUT2D eigenvalue weighted by molar-refractivity contribution is -0.0600. The fraction of sp³-hybridized carbons (Fsp3) is 0.810. The van der Waals surface area contributed by atoms with Gasteiger partial charge in [0.05, 0.1) is 6.61 Å². The van der Waals surface area contributed by atoms with Gasteiger partial charge in [-0.3, -0.25) is 4.57 Å². The van der Waals surface area contributed by atoms with Gasteiger partial charge in [-0.25, -0.2) is 4.79 Å². The molecule has 1 aromatic rings. The molecule has 1 unspecified atom stereocenters. The highest BCUT2D eigenvalue weighted by Gasteiger charge is 2.61. The quantitative estimate of drug-likeness (QED) is 0.611. The molecule has 32 heavy (non-hydrogen) atoms. The minimum atomic E-state index is -2.89. The average molecular weight is 486 g/mol. The van der Waals surface area contributed by atoms with Gasteiger partial charge in [-0.2, -0.15) is 4.98 Å². The first-order valence-electron chi connectivity index (χ1n) is 11.6. The van der Waals surface area contributed by atoms with Crippen molar-refractivity contribution < 1.29 is 22.8 Å². The van der Waals surface area contributed by atoms with Gasteiger partial charge in [0, 0.05) is 6.20 Å². The maximum atomic E-state index is 12.4. The van der Waals surface area contributed by atoms with E-state index in [2.05, 4.69) is 60.4 Å². The number of nitrogens with zero attached hydrogens (tertiary/aromatic N) is 2. The number of rotatable bonds is 5. The van der Waals surface area contributed by atoms with E-state index < -0.39 is 47.4 Å². The van der Waals surface area contributed by atoms with Gasteiger partial charge in [0.1, 0.15) is 24.1 Å². The number of nitrogens with two attached hydrogens (primary N) is 1. The summed E-state index contributed by atoms with van der Waals surface area (Å²) in [7, 11) is -5.59. The fourth-order valence-electron chi connectivity index (χ4n) is 4.99. The molecule has 0 aromatic carbocycles. The molecule has 182 valence electrons. The highest BCUT2D eigenvalue weighted by atomic mass is 28.5. The predicted octanol–water partition coefficient (Wildman–Crippen LogP) is 3.04. The highest BCUT2D eigenvalue weighted by Crippen LogP contribution is 2.48. The number of ether oxygens (including phenoxy) is 1. The van der Waals surface area contributed by atoms with Crippen molar-refractivity contribution in [2.24, 2.45) is 0 Å². The zero-order chi connectivity index (χ0) is 24.0. The molecule has 3 rings (SSSR count). The van der Waals surface area contributed by atoms with Crippen LogP contribution in [-0.4, -0.2) is 56.7 Å². The van der Waals surface area contributed by atoms with Crippen molar-refractivity contribution in [3.63, 3.8) is 0 Å². The first kappa shape index (κ1) is 25.5. The molecule has 0 spiro atoms. The number of aromatic nitrogens is 2. The molecule has 3 N–H and O–H groups in total. The maximum absolute atomic E-state index is 12.4. The lowest BCUT2D eigenvalue weighted by atomic mass is 10.1. The van der Waals surface area contributed by atoms with Crippen LogP contribution in [-0.2, 0) is 17.7 Å². The van der Waals surface area contributed by atoms with Crippen molar-refractivity contribution >= 4 is 22.9 Å². The summed E-state index contributed by atoms with van der Waals surface area (Å²) >= 11 is 0. The molecule has 2 aliphatic heterocycles. The molecule has 3 heterocycles. The van der Waals surface area contributed by atoms with E-state index in [4.69, 9.17) is 23.4 Å². The maximum Gasteiger partial charge on any atom is 0.351 e. The summed E-state index contributed by atoms with van der Waals surface area (Å²) in [4.78, 5) is 16.2. The number of anilines is 1. The Balaban J connectivity index is 2.07. The van der Waals surface area contributed by atoms with Gasteiger partial charge < -0.3 is 28.5 Å². The summed E-state index contributed by atoms with van der Waals surface area (Å²) in [6.45, 7) is 17.3. The molecule has 2 aliphatic rings. The monoisotopic (exact) mass is 485 g/mol. The minimum absolute atomic E-state index is 0.119. The summed E-state index contributed by atoms with van der Waals surface area (Å²) < 4.78 is 28.1. The second kappa shape index (κ2) is 9.28. The largest absolute Gasteiger partial charge is 0.414 e. The summed E-state index contributed by atoms with van der Waals surface area (Å²) in [5, 5.41) is 11.2. The molecule has 0 saturated carbocycles. The molecule has 11 heteroatoms. The van der Waals surface area contributed by atoms with Crippen molar-refractivity contribution in [3.8, 4) is 0 Å². The van der Waals surface area contributed by atoms with Gasteiger partial charge in [0.2, 0.25) is 0 Å². The molecule has 0 aliphatic carbocycles. The van der Waals surface area contributed by atoms with E-state index in [1.165, 1.54) is 16.8 Å². The fourth-order valence-corrected chi connectivity index (χ4v) is 16.2. The van der Waals surface area contributed by atoms with Gasteiger partial charge in [-0.1, -0.05) is 55.4 Å². The number of aliphatic hydroxyl groups excluding tert-OH is 1. The SMILES string of the molecule is CC(C)[Si]1(C(C)C)OC[C@H]2O[C@@H](n3ccc(N)nc3=O)C(O)[C@H]2O[Si](C(C)C)(C(C)C)O1. The van der Waals surface area contributed by atoms with Crippen molar-refractivity contribution in [1.29, 1.82) is 0 Å². The topological polar surface area (TPSA) is 118 Å². The van der Waals surface area contributed by atoms with E-state index in [0.29, 0.717) is 0 Å². The molecular formula is C21H39N3O6Si2. The van der Waals surface area contributed by atoms with Crippen molar-refractivity contribution in [2.75, 3.05) is 12.3 Å². The van der Waals surface area contributed by atoms with Crippen LogP contribution in [0.2, 0.25) is 22.2 Å². The van der Waals surface area contributed by atoms with Crippen molar-refractivity contribution in [2.45, 2.75) is 102 Å². The number of fused-ring (bicyclic) bond motifs is 1. The summed E-state index contributed by atoms with van der Waals surface area (Å²) in [6.07, 6.45) is -1.73. The molecule has 9 nitrogen and oxygen atoms in total. The Morgan fingerprint density at radius 2 is 1.62 bits per heavy atom. The third kappa shape index (κ3) is 4.24. The van der Waals surface area contributed by atoms with E-state index in [-0.39, 0.29) is 34.6 Å². The van der Waals surface area contributed by atoms with Crippen molar-refractivity contribution in [1.82, 2.24) is 9.55 Å². The van der Waals surface area contributed by atoms with Crippen LogP contribution in [0.3, 0.4) is 0 Å². The summed E-state index contributed by atoms with van der Waals surface area (Å²) in [5.41, 5.74) is 5.72. The highest BCUT2D eigenvalue weighted by molar-refractivity contribution is 6.83. The molecule has 4 atom stereocenters. The van der Waals surface area contributed by atoms with E-state index >= 15 is 0 Å². The lowest BCUT2D eigenvalue weighted by Crippen LogP contribution is -2.65. The lowest BCUT2D eigenvalue weighted by Gasteiger charge is -2.51. The number of hydrogen-bond donors (Lipinski definition) is 2. The Bertz CT molecular complexity index is 846. The zero-order valence-electron chi connectivity index (χ0n) is 20.4. The van der Waals surface area contributed by atoms with Crippen LogP contribution in [0.25, 0.3) is 0 Å². The summed E-state index contributed by atoms with van der Waals surface area (Å²) in [6, 6.07) is 1.51. The van der Waals surface area contributed by atoms with Gasteiger partial charge in [-0.05, 0) is 28.2 Å². The Morgan fingerprint density at radius 1 is 1.06 bits per heavy atom. The van der Waals surface area contributed by atoms with Gasteiger partial charge in [0.25, 0.3) is 0 Å². The third-order valence-electron chi connectivity index (χ3n) is 6.77. The van der Waals surface area contributed by atoms with E-state index in [1.807, 2.05) is 0 Å². The number of nitrogen functional groups attached to an aromatic ring is 1. The van der Waals surface area contributed by atoms with Crippen LogP contribution >= 0.6 is 0 Å². The molecule has 0 amide bonds. The molecular weight excluding hydrogens is 446 g/mol. The Morgan fingerprint density at radius 3 is 2.12 bits per heavy atom. The second-order valence-electron chi connectivity index (χ2n) is 10.2. The Hall–Kier alpha value is -1.09. The number of hydrogen-bond acceptors (Lipinski definition) is 8. The third-order valence-corrected chi connectivity index (χ3v) is 17.0. The van der Waals surface area contributed by atoms with Crippen LogP contribution in [0, 0.1) is 0 Å². The molecule has 1 aromatic heterocycles. The molecule has 2 fully saturated rings. The van der Waals surface area contributed by atoms with Crippen LogP contribution < -0.4 is 11.4 Å². The van der Waals surface area contributed by atoms with Crippen LogP contribution in [0.1, 0.15) is 61.6 Å². The van der Waals surface area contributed by atoms with Gasteiger partial charge in [0.15, 0.2) is 6.23 Å². The summed E-state index contributed by atoms with van der Waals surface area (Å²) in [5.74, 6) is 0.119. The first-order valence-corrected chi connectivity index (χ1v) is 15.5. The van der Waals surface area contributed by atoms with Crippen LogP contribution in [0.5, 0.6) is 0 Å². The first-order chi connectivity index (χ1) is 14.9. The Kier molecular flexibility index (Phi) is 7.40. The average Bonchev–Trinajstić information content (AvgIpc) is 2.96. The van der Waals surface area contributed by atoms with Crippen LogP contribution in [0.15, 0.2) is 17.1 Å². The second-order valence-corrected chi connectivity index (χ2v) is 19.0. The van der Waals surface area contributed by atoms with Crippen molar-refractivity contribution in [3.05, 3.63) is 22.7 Å². The van der Waals surface area contributed by atoms with E-state index in [1.54, 1.807) is 0 Å². The van der Waals surface area contributed by atoms with E-state index in [0.717, 1.165) is 0 Å². The normalized spacial score (nSPS) is 30.0. The smallest absolute Gasteiger partial charge is 0.351 e. The predicted molar refractivity (Wildman–Crippen MR) is 127 cm³/mol. The number of aliphatic hydroxyl groups is 1. The van der Waals surface area contributed by atoms with Gasteiger partial charge in [-0.15, -0.1) is 0 Å².